The van der Waals surface area contributed by atoms with Crippen LogP contribution in [-0.2, 0) is 9.53 Å². The summed E-state index contributed by atoms with van der Waals surface area (Å²) in [5, 5.41) is 0. The van der Waals surface area contributed by atoms with Gasteiger partial charge in [0.15, 0.2) is 0 Å². The molecule has 0 aromatic carbocycles. The first-order chi connectivity index (χ1) is 8.93. The van der Waals surface area contributed by atoms with Gasteiger partial charge in [-0.25, -0.2) is 0 Å². The molecule has 0 heterocycles. The van der Waals surface area contributed by atoms with Gasteiger partial charge in [0.05, 0.1) is 6.26 Å². The fourth-order valence-electron chi connectivity index (χ4n) is 3.61. The van der Waals surface area contributed by atoms with Crippen LogP contribution in [-0.4, -0.2) is 5.97 Å². The molecule has 0 aromatic rings. The van der Waals surface area contributed by atoms with Crippen molar-refractivity contribution in [2.45, 2.75) is 46.5 Å². The van der Waals surface area contributed by atoms with Gasteiger partial charge in [-0.3, -0.25) is 4.79 Å². The smallest absolute Gasteiger partial charge is 0.307 e. The van der Waals surface area contributed by atoms with Crippen molar-refractivity contribution in [2.75, 3.05) is 0 Å². The van der Waals surface area contributed by atoms with E-state index in [1.54, 1.807) is 0 Å². The first-order valence-corrected chi connectivity index (χ1v) is 7.13. The van der Waals surface area contributed by atoms with E-state index in [4.69, 9.17) is 4.74 Å². The zero-order valence-electron chi connectivity index (χ0n) is 12.2. The molecule has 2 bridgehead atoms. The number of carbonyl (C=O) groups excluding carboxylic acids is 1. The third-order valence-electron chi connectivity index (χ3n) is 4.89. The number of ether oxygens (including phenoxy) is 1. The van der Waals surface area contributed by atoms with Crippen molar-refractivity contribution in [3.05, 3.63) is 36.1 Å². The maximum absolute atomic E-state index is 10.7. The minimum Gasteiger partial charge on any atom is -0.434 e. The van der Waals surface area contributed by atoms with Crippen LogP contribution in [0.25, 0.3) is 0 Å². The number of allylic oxidation sites excluding steroid dienone is 4. The van der Waals surface area contributed by atoms with E-state index in [1.807, 2.05) is 13.0 Å². The third-order valence-corrected chi connectivity index (χ3v) is 4.89. The monoisotopic (exact) mass is 260 g/mol. The van der Waals surface area contributed by atoms with Crippen molar-refractivity contribution >= 4 is 5.97 Å². The van der Waals surface area contributed by atoms with Gasteiger partial charge < -0.3 is 4.74 Å². The molecule has 0 aromatic heterocycles. The number of rotatable bonds is 4. The second-order valence-corrected chi connectivity index (χ2v) is 6.23. The average molecular weight is 260 g/mol. The van der Waals surface area contributed by atoms with Crippen LogP contribution in [0.3, 0.4) is 0 Å². The van der Waals surface area contributed by atoms with Crippen molar-refractivity contribution in [1.29, 1.82) is 0 Å². The topological polar surface area (TPSA) is 26.3 Å². The summed E-state index contributed by atoms with van der Waals surface area (Å²) < 4.78 is 4.85. The first-order valence-electron chi connectivity index (χ1n) is 7.13. The standard InChI is InChI=1S/C17H24O2/c1-12(11-19-14(3)18)6-5-9-17(4)13(2)15-7-8-16(17)10-15/h5-6,11,15-16H,2,7-10H2,1,3-4H3. The van der Waals surface area contributed by atoms with Gasteiger partial charge in [-0.05, 0) is 55.4 Å². The molecule has 0 N–H and O–H groups in total. The molecule has 0 saturated heterocycles. The molecular weight excluding hydrogens is 236 g/mol. The molecular formula is C17H24O2. The Labute approximate surface area is 116 Å². The molecule has 0 aliphatic heterocycles. The Morgan fingerprint density at radius 1 is 1.47 bits per heavy atom. The van der Waals surface area contributed by atoms with E-state index in [-0.39, 0.29) is 11.4 Å². The predicted molar refractivity (Wildman–Crippen MR) is 77.4 cm³/mol. The van der Waals surface area contributed by atoms with Crippen LogP contribution >= 0.6 is 0 Å². The summed E-state index contributed by atoms with van der Waals surface area (Å²) in [6.07, 6.45) is 10.8. The molecule has 3 atom stereocenters. The maximum Gasteiger partial charge on any atom is 0.307 e. The molecule has 3 unspecified atom stereocenters. The Balaban J connectivity index is 1.93. The predicted octanol–water partition coefficient (Wildman–Crippen LogP) is 4.39. The van der Waals surface area contributed by atoms with Crippen LogP contribution in [0.5, 0.6) is 0 Å². The van der Waals surface area contributed by atoms with E-state index < -0.39 is 0 Å². The molecule has 2 aliphatic carbocycles. The van der Waals surface area contributed by atoms with Crippen LogP contribution in [0.1, 0.15) is 46.5 Å². The van der Waals surface area contributed by atoms with Crippen molar-refractivity contribution in [1.82, 2.24) is 0 Å². The second-order valence-electron chi connectivity index (χ2n) is 6.23. The molecule has 104 valence electrons. The average Bonchev–Trinajstić information content (AvgIpc) is 2.91. The fraction of sp³-hybridized carbons (Fsp3) is 0.588. The summed E-state index contributed by atoms with van der Waals surface area (Å²) >= 11 is 0. The minimum absolute atomic E-state index is 0.277. The van der Waals surface area contributed by atoms with E-state index in [0.717, 1.165) is 23.8 Å². The van der Waals surface area contributed by atoms with Gasteiger partial charge in [-0.2, -0.15) is 0 Å². The Morgan fingerprint density at radius 2 is 2.21 bits per heavy atom. The summed E-state index contributed by atoms with van der Waals surface area (Å²) in [6, 6.07) is 0. The SMILES string of the molecule is C=C1C2CCC(C2)C1(C)CC=CC(C)=COC(C)=O. The lowest BCUT2D eigenvalue weighted by Crippen LogP contribution is -2.25. The van der Waals surface area contributed by atoms with Gasteiger partial charge in [0, 0.05) is 6.92 Å². The lowest BCUT2D eigenvalue weighted by molar-refractivity contribution is -0.135. The summed E-state index contributed by atoms with van der Waals surface area (Å²) in [6.45, 7) is 10.0. The molecule has 2 saturated carbocycles. The van der Waals surface area contributed by atoms with E-state index in [0.29, 0.717) is 0 Å². The molecule has 2 aliphatic rings. The summed E-state index contributed by atoms with van der Waals surface area (Å²) in [4.78, 5) is 10.7. The third kappa shape index (κ3) is 2.83. The molecule has 2 rings (SSSR count). The van der Waals surface area contributed by atoms with Crippen molar-refractivity contribution < 1.29 is 9.53 Å². The highest BCUT2D eigenvalue weighted by molar-refractivity contribution is 5.66. The molecule has 2 heteroatoms. The van der Waals surface area contributed by atoms with Crippen molar-refractivity contribution in [2.24, 2.45) is 17.3 Å². The summed E-state index contributed by atoms with van der Waals surface area (Å²) in [5.41, 5.74) is 2.70. The number of fused-ring (bicyclic) bond motifs is 2. The van der Waals surface area contributed by atoms with E-state index in [1.165, 1.54) is 38.0 Å². The number of esters is 1. The highest BCUT2D eigenvalue weighted by Gasteiger charge is 2.49. The largest absolute Gasteiger partial charge is 0.434 e. The highest BCUT2D eigenvalue weighted by Crippen LogP contribution is 2.60. The molecule has 0 spiro atoms. The van der Waals surface area contributed by atoms with Gasteiger partial charge in [0.2, 0.25) is 0 Å². The van der Waals surface area contributed by atoms with Crippen molar-refractivity contribution in [3.63, 3.8) is 0 Å². The fourth-order valence-corrected chi connectivity index (χ4v) is 3.61. The van der Waals surface area contributed by atoms with Crippen LogP contribution in [0.15, 0.2) is 36.1 Å². The lowest BCUT2D eigenvalue weighted by atomic mass is 9.69. The maximum atomic E-state index is 10.7. The van der Waals surface area contributed by atoms with E-state index >= 15 is 0 Å². The highest BCUT2D eigenvalue weighted by atomic mass is 16.5. The van der Waals surface area contributed by atoms with Gasteiger partial charge in [0.1, 0.15) is 0 Å². The van der Waals surface area contributed by atoms with Crippen LogP contribution < -0.4 is 0 Å². The van der Waals surface area contributed by atoms with Gasteiger partial charge in [0.25, 0.3) is 0 Å². The Hall–Kier alpha value is -1.31. The van der Waals surface area contributed by atoms with E-state index in [9.17, 15) is 4.79 Å². The summed E-state index contributed by atoms with van der Waals surface area (Å²) in [5.74, 6) is 1.30. The van der Waals surface area contributed by atoms with E-state index in [2.05, 4.69) is 19.6 Å². The lowest BCUT2D eigenvalue weighted by Gasteiger charge is -2.35. The number of hydrogen-bond donors (Lipinski definition) is 0. The van der Waals surface area contributed by atoms with Gasteiger partial charge in [-0.1, -0.05) is 31.2 Å². The summed E-state index contributed by atoms with van der Waals surface area (Å²) in [7, 11) is 0. The van der Waals surface area contributed by atoms with Gasteiger partial charge in [-0.15, -0.1) is 0 Å². The Kier molecular flexibility index (Phi) is 3.98. The zero-order chi connectivity index (χ0) is 14.0. The van der Waals surface area contributed by atoms with Crippen LogP contribution in [0.4, 0.5) is 0 Å². The molecule has 19 heavy (non-hydrogen) atoms. The van der Waals surface area contributed by atoms with Crippen molar-refractivity contribution in [3.8, 4) is 0 Å². The zero-order valence-corrected chi connectivity index (χ0v) is 12.2. The molecule has 2 fully saturated rings. The minimum atomic E-state index is -0.277. The van der Waals surface area contributed by atoms with Crippen LogP contribution in [0, 0.1) is 17.3 Å². The Morgan fingerprint density at radius 3 is 2.79 bits per heavy atom. The van der Waals surface area contributed by atoms with Gasteiger partial charge >= 0.3 is 5.97 Å². The first kappa shape index (κ1) is 14.1. The number of hydrogen-bond acceptors (Lipinski definition) is 2. The second kappa shape index (κ2) is 5.36. The quantitative estimate of drug-likeness (QED) is 0.324. The molecule has 2 nitrogen and oxygen atoms in total. The Bertz CT molecular complexity index is 444. The number of carbonyl (C=O) groups is 1. The molecule has 0 amide bonds. The molecule has 0 radical (unpaired) electrons. The normalized spacial score (nSPS) is 34.3. The van der Waals surface area contributed by atoms with Crippen LogP contribution in [0.2, 0.25) is 0 Å².